The molecule has 4 heteroatoms. The van der Waals surface area contributed by atoms with Gasteiger partial charge in [0.25, 0.3) is 0 Å². The highest BCUT2D eigenvalue weighted by Gasteiger charge is 2.52. The van der Waals surface area contributed by atoms with Crippen LogP contribution in [0.2, 0.25) is 0 Å². The van der Waals surface area contributed by atoms with Gasteiger partial charge in [-0.1, -0.05) is 30.3 Å². The molecule has 4 nitrogen and oxygen atoms in total. The van der Waals surface area contributed by atoms with Crippen LogP contribution in [0.15, 0.2) is 30.3 Å². The number of benzene rings is 1. The van der Waals surface area contributed by atoms with Crippen molar-refractivity contribution in [2.75, 3.05) is 6.61 Å². The molecule has 3 N–H and O–H groups in total. The van der Waals surface area contributed by atoms with Crippen molar-refractivity contribution < 1.29 is 9.53 Å². The third kappa shape index (κ3) is 2.51. The molecule has 0 radical (unpaired) electrons. The van der Waals surface area contributed by atoms with Crippen molar-refractivity contribution in [2.45, 2.75) is 37.5 Å². The third-order valence-corrected chi connectivity index (χ3v) is 4.26. The second kappa shape index (κ2) is 5.31. The van der Waals surface area contributed by atoms with E-state index in [4.69, 9.17) is 10.5 Å². The lowest BCUT2D eigenvalue weighted by atomic mass is 9.72. The fourth-order valence-electron chi connectivity index (χ4n) is 3.09. The molecule has 4 unspecified atom stereocenters. The Morgan fingerprint density at radius 3 is 2.95 bits per heavy atom. The molecule has 1 amide bonds. The van der Waals surface area contributed by atoms with Crippen LogP contribution in [-0.2, 0) is 16.0 Å². The largest absolute Gasteiger partial charge is 0.376 e. The average molecular weight is 260 g/mol. The van der Waals surface area contributed by atoms with Crippen LogP contribution in [0, 0.1) is 5.92 Å². The first-order chi connectivity index (χ1) is 9.25. The lowest BCUT2D eigenvalue weighted by molar-refractivity contribution is -0.125. The van der Waals surface area contributed by atoms with Crippen molar-refractivity contribution in [3.63, 3.8) is 0 Å². The van der Waals surface area contributed by atoms with Gasteiger partial charge in [0.2, 0.25) is 5.91 Å². The highest BCUT2D eigenvalue weighted by Crippen LogP contribution is 2.37. The molecule has 1 aliphatic heterocycles. The fourth-order valence-corrected chi connectivity index (χ4v) is 3.09. The van der Waals surface area contributed by atoms with Crippen LogP contribution in [0.4, 0.5) is 0 Å². The summed E-state index contributed by atoms with van der Waals surface area (Å²) in [4.78, 5) is 11.9. The number of rotatable bonds is 4. The van der Waals surface area contributed by atoms with E-state index in [0.717, 1.165) is 19.4 Å². The highest BCUT2D eigenvalue weighted by molar-refractivity contribution is 5.77. The van der Waals surface area contributed by atoms with Gasteiger partial charge in [0.1, 0.15) is 0 Å². The smallest absolute Gasteiger partial charge is 0.220 e. The zero-order chi connectivity index (χ0) is 13.2. The Labute approximate surface area is 113 Å². The number of ether oxygens (including phenoxy) is 1. The van der Waals surface area contributed by atoms with Crippen molar-refractivity contribution in [1.29, 1.82) is 0 Å². The Hall–Kier alpha value is -1.39. The monoisotopic (exact) mass is 260 g/mol. The zero-order valence-electron chi connectivity index (χ0n) is 10.9. The van der Waals surface area contributed by atoms with Crippen LogP contribution < -0.4 is 11.1 Å². The van der Waals surface area contributed by atoms with Crippen molar-refractivity contribution in [2.24, 2.45) is 11.7 Å². The summed E-state index contributed by atoms with van der Waals surface area (Å²) in [5.74, 6) is 0.512. The summed E-state index contributed by atoms with van der Waals surface area (Å²) in [6, 6.07) is 10.1. The Bertz CT molecular complexity index is 449. The van der Waals surface area contributed by atoms with Gasteiger partial charge < -0.3 is 15.8 Å². The molecule has 0 aromatic heterocycles. The highest BCUT2D eigenvalue weighted by atomic mass is 16.5. The number of nitrogens with one attached hydrogen (secondary N) is 1. The predicted molar refractivity (Wildman–Crippen MR) is 72.5 cm³/mol. The summed E-state index contributed by atoms with van der Waals surface area (Å²) < 4.78 is 5.60. The maximum absolute atomic E-state index is 11.9. The summed E-state index contributed by atoms with van der Waals surface area (Å²) in [6.07, 6.45) is 2.45. The molecule has 0 spiro atoms. The van der Waals surface area contributed by atoms with E-state index in [0.29, 0.717) is 12.3 Å². The summed E-state index contributed by atoms with van der Waals surface area (Å²) in [6.45, 7) is 0.777. The minimum Gasteiger partial charge on any atom is -0.376 e. The Balaban J connectivity index is 1.47. The molecule has 1 saturated carbocycles. The van der Waals surface area contributed by atoms with Crippen LogP contribution in [0.1, 0.15) is 18.4 Å². The number of carbonyl (C=O) groups excluding carboxylic acids is 1. The normalized spacial score (nSPS) is 32.5. The lowest BCUT2D eigenvalue weighted by Crippen LogP contribution is -2.68. The third-order valence-electron chi connectivity index (χ3n) is 4.26. The first-order valence-electron chi connectivity index (χ1n) is 6.96. The Kier molecular flexibility index (Phi) is 3.53. The van der Waals surface area contributed by atoms with Gasteiger partial charge in [0.15, 0.2) is 0 Å². The number of carbonyl (C=O) groups is 1. The average Bonchev–Trinajstić information content (AvgIpc) is 2.88. The molecular formula is C15H20N2O2. The lowest BCUT2D eigenvalue weighted by Gasteiger charge is -2.45. The van der Waals surface area contributed by atoms with E-state index in [2.05, 4.69) is 5.32 Å². The maximum atomic E-state index is 11.9. The van der Waals surface area contributed by atoms with E-state index in [1.807, 2.05) is 30.3 Å². The summed E-state index contributed by atoms with van der Waals surface area (Å²) in [5, 5.41) is 3.02. The molecule has 19 heavy (non-hydrogen) atoms. The fraction of sp³-hybridized carbons (Fsp3) is 0.533. The van der Waals surface area contributed by atoms with E-state index in [1.165, 1.54) is 5.56 Å². The van der Waals surface area contributed by atoms with Crippen LogP contribution >= 0.6 is 0 Å². The van der Waals surface area contributed by atoms with Crippen molar-refractivity contribution in [3.8, 4) is 0 Å². The van der Waals surface area contributed by atoms with E-state index >= 15 is 0 Å². The predicted octanol–water partition coefficient (Wildman–Crippen LogP) is 0.850. The second-order valence-electron chi connectivity index (χ2n) is 5.44. The second-order valence-corrected chi connectivity index (χ2v) is 5.44. The van der Waals surface area contributed by atoms with E-state index in [-0.39, 0.29) is 24.1 Å². The van der Waals surface area contributed by atoms with E-state index in [1.54, 1.807) is 0 Å². The van der Waals surface area contributed by atoms with E-state index < -0.39 is 0 Å². The summed E-state index contributed by atoms with van der Waals surface area (Å²) in [7, 11) is 0. The molecule has 3 rings (SSSR count). The first kappa shape index (κ1) is 12.6. The van der Waals surface area contributed by atoms with Crippen LogP contribution in [0.5, 0.6) is 0 Å². The van der Waals surface area contributed by atoms with Crippen molar-refractivity contribution in [3.05, 3.63) is 35.9 Å². The van der Waals surface area contributed by atoms with Gasteiger partial charge in [-0.2, -0.15) is 0 Å². The first-order valence-corrected chi connectivity index (χ1v) is 6.96. The van der Waals surface area contributed by atoms with E-state index in [9.17, 15) is 4.79 Å². The van der Waals surface area contributed by atoms with Gasteiger partial charge in [0.05, 0.1) is 12.1 Å². The SMILES string of the molecule is NC1C2CCOC2C1NC(=O)CCc1ccccc1. The molecule has 1 aromatic rings. The minimum atomic E-state index is 0.00998. The van der Waals surface area contributed by atoms with Gasteiger partial charge in [0, 0.05) is 25.0 Å². The van der Waals surface area contributed by atoms with Gasteiger partial charge >= 0.3 is 0 Å². The molecule has 2 aliphatic rings. The topological polar surface area (TPSA) is 64.3 Å². The molecule has 4 atom stereocenters. The molecule has 1 aliphatic carbocycles. The number of fused-ring (bicyclic) bond motifs is 1. The maximum Gasteiger partial charge on any atom is 0.220 e. The number of hydrogen-bond donors (Lipinski definition) is 2. The molecule has 1 saturated heterocycles. The van der Waals surface area contributed by atoms with Gasteiger partial charge in [-0.25, -0.2) is 0 Å². The number of amides is 1. The standard InChI is InChI=1S/C15H20N2O2/c16-13-11-8-9-19-15(11)14(13)17-12(18)7-6-10-4-2-1-3-5-10/h1-5,11,13-15H,6-9,16H2,(H,17,18). The number of aryl methyl sites for hydroxylation is 1. The van der Waals surface area contributed by atoms with Gasteiger partial charge in [-0.15, -0.1) is 0 Å². The summed E-state index contributed by atoms with van der Waals surface area (Å²) in [5.41, 5.74) is 7.25. The molecule has 1 heterocycles. The van der Waals surface area contributed by atoms with Crippen LogP contribution in [0.25, 0.3) is 0 Å². The van der Waals surface area contributed by atoms with Crippen LogP contribution in [0.3, 0.4) is 0 Å². The number of hydrogen-bond acceptors (Lipinski definition) is 3. The molecule has 2 fully saturated rings. The molecular weight excluding hydrogens is 240 g/mol. The quantitative estimate of drug-likeness (QED) is 0.843. The van der Waals surface area contributed by atoms with Crippen LogP contribution in [-0.4, -0.2) is 30.7 Å². The van der Waals surface area contributed by atoms with Crippen molar-refractivity contribution in [1.82, 2.24) is 5.32 Å². The zero-order valence-corrected chi connectivity index (χ0v) is 10.9. The minimum absolute atomic E-state index is 0.00998. The molecule has 1 aromatic carbocycles. The van der Waals surface area contributed by atoms with Gasteiger partial charge in [-0.3, -0.25) is 4.79 Å². The molecule has 102 valence electrons. The summed E-state index contributed by atoms with van der Waals surface area (Å²) >= 11 is 0. The number of nitrogens with two attached hydrogens (primary N) is 1. The Morgan fingerprint density at radius 1 is 1.37 bits per heavy atom. The molecule has 0 bridgehead atoms. The van der Waals surface area contributed by atoms with Crippen molar-refractivity contribution >= 4 is 5.91 Å². The van der Waals surface area contributed by atoms with Gasteiger partial charge in [-0.05, 0) is 18.4 Å². The Morgan fingerprint density at radius 2 is 2.16 bits per heavy atom.